The molecule has 5 nitrogen and oxygen atoms in total. The Morgan fingerprint density at radius 1 is 1.21 bits per heavy atom. The van der Waals surface area contributed by atoms with Gasteiger partial charge in [-0.05, 0) is 17.9 Å². The fourth-order valence-electron chi connectivity index (χ4n) is 3.78. The molecule has 1 amide bonds. The Hall–Kier alpha value is -1.82. The van der Waals surface area contributed by atoms with Crippen molar-refractivity contribution in [1.29, 1.82) is 0 Å². The number of hydrogen-bond acceptors (Lipinski definition) is 4. The highest BCUT2D eigenvalue weighted by atomic mass is 32.2. The summed E-state index contributed by atoms with van der Waals surface area (Å²) < 4.78 is 28.4. The molecule has 0 saturated carbocycles. The first-order valence-corrected chi connectivity index (χ1v) is 10.3. The maximum absolute atomic E-state index is 12.6. The summed E-state index contributed by atoms with van der Waals surface area (Å²) in [5.41, 5.74) is 1.83. The number of rotatable bonds is 4. The molecule has 2 aliphatic heterocycles. The van der Waals surface area contributed by atoms with Gasteiger partial charge in [-0.15, -0.1) is 0 Å². The number of carbonyl (C=O) groups is 1. The maximum Gasteiger partial charge on any atom is 0.227 e. The summed E-state index contributed by atoms with van der Waals surface area (Å²) in [5.74, 6) is 2.18. The summed E-state index contributed by atoms with van der Waals surface area (Å²) in [6.07, 6.45) is 1.12. The normalized spacial score (nSPS) is 20.8. The minimum atomic E-state index is -2.78. The van der Waals surface area contributed by atoms with Gasteiger partial charge in [0.15, 0.2) is 9.84 Å². The third kappa shape index (κ3) is 2.62. The Morgan fingerprint density at radius 2 is 1.92 bits per heavy atom. The zero-order chi connectivity index (χ0) is 16.9. The Balaban J connectivity index is 1.43. The lowest BCUT2D eigenvalue weighted by Gasteiger charge is -2.46. The molecule has 4 rings (SSSR count). The second kappa shape index (κ2) is 5.62. The Labute approximate surface area is 141 Å². The van der Waals surface area contributed by atoms with Crippen LogP contribution in [0.5, 0.6) is 0 Å². The van der Waals surface area contributed by atoms with Gasteiger partial charge in [0.05, 0.1) is 17.9 Å². The first kappa shape index (κ1) is 15.7. The van der Waals surface area contributed by atoms with Crippen LogP contribution in [0.3, 0.4) is 0 Å². The Kier molecular flexibility index (Phi) is 3.67. The molecule has 24 heavy (non-hydrogen) atoms. The molecule has 2 aliphatic rings. The molecule has 1 aromatic heterocycles. The molecular weight excluding hydrogens is 326 g/mol. The lowest BCUT2D eigenvalue weighted by molar-refractivity contribution is -0.137. The number of para-hydroxylation sites is 1. The van der Waals surface area contributed by atoms with Crippen molar-refractivity contribution in [2.24, 2.45) is 11.8 Å². The number of amides is 1. The van der Waals surface area contributed by atoms with Gasteiger partial charge in [0.2, 0.25) is 5.91 Å². The summed E-state index contributed by atoms with van der Waals surface area (Å²) in [6, 6.07) is 7.82. The lowest BCUT2D eigenvalue weighted by Crippen LogP contribution is -2.58. The summed E-state index contributed by atoms with van der Waals surface area (Å²) >= 11 is 0. The summed E-state index contributed by atoms with van der Waals surface area (Å²) in [4.78, 5) is 14.4. The van der Waals surface area contributed by atoms with Crippen molar-refractivity contribution in [2.75, 3.05) is 24.6 Å². The van der Waals surface area contributed by atoms with Crippen LogP contribution in [0.2, 0.25) is 0 Å². The zero-order valence-corrected chi connectivity index (χ0v) is 14.5. The fourth-order valence-corrected chi connectivity index (χ4v) is 5.53. The monoisotopic (exact) mass is 347 g/mol. The molecule has 2 fully saturated rings. The molecule has 6 heteroatoms. The highest BCUT2D eigenvalue weighted by Crippen LogP contribution is 2.34. The van der Waals surface area contributed by atoms with Crippen molar-refractivity contribution >= 4 is 26.7 Å². The van der Waals surface area contributed by atoms with Crippen molar-refractivity contribution in [3.63, 3.8) is 0 Å². The Bertz CT molecular complexity index is 881. The molecule has 0 aliphatic carbocycles. The molecule has 0 bridgehead atoms. The van der Waals surface area contributed by atoms with Gasteiger partial charge >= 0.3 is 0 Å². The maximum atomic E-state index is 12.6. The van der Waals surface area contributed by atoms with E-state index in [0.29, 0.717) is 36.9 Å². The van der Waals surface area contributed by atoms with E-state index in [9.17, 15) is 13.2 Å². The topological polar surface area (TPSA) is 67.6 Å². The Morgan fingerprint density at radius 3 is 2.58 bits per heavy atom. The van der Waals surface area contributed by atoms with Crippen LogP contribution in [0.25, 0.3) is 11.0 Å². The van der Waals surface area contributed by atoms with Crippen LogP contribution in [-0.2, 0) is 27.5 Å². The van der Waals surface area contributed by atoms with Crippen molar-refractivity contribution in [3.8, 4) is 0 Å². The number of furan rings is 1. The van der Waals surface area contributed by atoms with Gasteiger partial charge < -0.3 is 9.32 Å². The number of benzene rings is 1. The quantitative estimate of drug-likeness (QED) is 0.849. The third-order valence-corrected chi connectivity index (χ3v) is 7.17. The van der Waals surface area contributed by atoms with E-state index in [2.05, 4.69) is 0 Å². The van der Waals surface area contributed by atoms with Crippen LogP contribution >= 0.6 is 0 Å². The standard InChI is InChI=1S/C18H21NO4S/c1-2-16-15(14-5-3-4-6-17(14)23-16)7-18(20)19-8-12(9-19)13-10-24(21,22)11-13/h3-6,12-13H,2,7-11H2,1H3. The molecule has 0 atom stereocenters. The van der Waals surface area contributed by atoms with Crippen molar-refractivity contribution in [1.82, 2.24) is 4.90 Å². The van der Waals surface area contributed by atoms with Crippen molar-refractivity contribution in [2.45, 2.75) is 19.8 Å². The second-order valence-electron chi connectivity index (χ2n) is 6.93. The van der Waals surface area contributed by atoms with Crippen LogP contribution in [-0.4, -0.2) is 43.8 Å². The second-order valence-corrected chi connectivity index (χ2v) is 9.08. The van der Waals surface area contributed by atoms with E-state index in [4.69, 9.17) is 4.42 Å². The van der Waals surface area contributed by atoms with Gasteiger partial charge in [0.25, 0.3) is 0 Å². The predicted molar refractivity (Wildman–Crippen MR) is 91.5 cm³/mol. The van der Waals surface area contributed by atoms with Crippen molar-refractivity contribution in [3.05, 3.63) is 35.6 Å². The largest absolute Gasteiger partial charge is 0.461 e. The summed E-state index contributed by atoms with van der Waals surface area (Å²) in [6.45, 7) is 3.41. The average molecular weight is 347 g/mol. The summed E-state index contributed by atoms with van der Waals surface area (Å²) in [5, 5.41) is 1.02. The lowest BCUT2D eigenvalue weighted by atomic mass is 9.87. The zero-order valence-electron chi connectivity index (χ0n) is 13.7. The molecule has 2 saturated heterocycles. The average Bonchev–Trinajstić information content (AvgIpc) is 2.82. The smallest absolute Gasteiger partial charge is 0.227 e. The fraction of sp³-hybridized carbons (Fsp3) is 0.500. The minimum absolute atomic E-state index is 0.106. The highest BCUT2D eigenvalue weighted by molar-refractivity contribution is 7.92. The molecule has 0 spiro atoms. The molecule has 0 unspecified atom stereocenters. The molecular formula is C18H21NO4S. The van der Waals surface area contributed by atoms with E-state index in [0.717, 1.165) is 28.7 Å². The first-order valence-electron chi connectivity index (χ1n) is 8.44. The van der Waals surface area contributed by atoms with Gasteiger partial charge in [-0.2, -0.15) is 0 Å². The number of carbonyl (C=O) groups excluding carboxylic acids is 1. The number of hydrogen-bond donors (Lipinski definition) is 0. The van der Waals surface area contributed by atoms with E-state index in [1.54, 1.807) is 0 Å². The molecule has 128 valence electrons. The summed E-state index contributed by atoms with van der Waals surface area (Å²) in [7, 11) is -2.78. The van der Waals surface area contributed by atoms with Crippen LogP contribution in [0, 0.1) is 11.8 Å². The molecule has 2 aromatic rings. The van der Waals surface area contributed by atoms with Crippen molar-refractivity contribution < 1.29 is 17.6 Å². The number of fused-ring (bicyclic) bond motifs is 1. The number of sulfone groups is 1. The van der Waals surface area contributed by atoms with E-state index in [-0.39, 0.29) is 11.8 Å². The van der Waals surface area contributed by atoms with Crippen LogP contribution in [0.15, 0.2) is 28.7 Å². The molecule has 0 radical (unpaired) electrons. The van der Waals surface area contributed by atoms with Gasteiger partial charge in [-0.25, -0.2) is 8.42 Å². The first-order chi connectivity index (χ1) is 11.5. The molecule has 0 N–H and O–H groups in total. The van der Waals surface area contributed by atoms with Crippen LogP contribution in [0.1, 0.15) is 18.2 Å². The van der Waals surface area contributed by atoms with Crippen LogP contribution < -0.4 is 0 Å². The van der Waals surface area contributed by atoms with E-state index in [1.165, 1.54) is 0 Å². The molecule has 1 aromatic carbocycles. The minimum Gasteiger partial charge on any atom is -0.461 e. The van der Waals surface area contributed by atoms with E-state index < -0.39 is 9.84 Å². The van der Waals surface area contributed by atoms with Crippen LogP contribution in [0.4, 0.5) is 0 Å². The van der Waals surface area contributed by atoms with Gasteiger partial charge in [0.1, 0.15) is 11.3 Å². The number of nitrogens with zero attached hydrogens (tertiary/aromatic N) is 1. The SMILES string of the molecule is CCc1oc2ccccc2c1CC(=O)N1CC(C2CS(=O)(=O)C2)C1. The number of likely N-dealkylation sites (tertiary alicyclic amines) is 1. The van der Waals surface area contributed by atoms with Gasteiger partial charge in [-0.3, -0.25) is 4.79 Å². The third-order valence-electron chi connectivity index (χ3n) is 5.30. The predicted octanol–water partition coefficient (Wildman–Crippen LogP) is 2.04. The van der Waals surface area contributed by atoms with Gasteiger partial charge in [0, 0.05) is 30.5 Å². The van der Waals surface area contributed by atoms with E-state index >= 15 is 0 Å². The number of aryl methyl sites for hydroxylation is 1. The van der Waals surface area contributed by atoms with E-state index in [1.807, 2.05) is 36.1 Å². The highest BCUT2D eigenvalue weighted by Gasteiger charge is 2.44. The van der Waals surface area contributed by atoms with Gasteiger partial charge in [-0.1, -0.05) is 25.1 Å². The molecule has 3 heterocycles.